The molecule has 0 bridgehead atoms. The molecule has 0 saturated carbocycles. The van der Waals surface area contributed by atoms with Gasteiger partial charge in [-0.05, 0) is 32.5 Å². The van der Waals surface area contributed by atoms with Crippen molar-refractivity contribution in [3.63, 3.8) is 0 Å². The average Bonchev–Trinajstić information content (AvgIpc) is 2.80. The van der Waals surface area contributed by atoms with Crippen molar-refractivity contribution in [3.8, 4) is 11.4 Å². The highest BCUT2D eigenvalue weighted by Gasteiger charge is 2.15. The van der Waals surface area contributed by atoms with E-state index in [-0.39, 0.29) is 0 Å². The van der Waals surface area contributed by atoms with Crippen molar-refractivity contribution >= 4 is 0 Å². The first kappa shape index (κ1) is 13.6. The molecule has 0 saturated heterocycles. The topological polar surface area (TPSA) is 39.1 Å². The molecule has 0 radical (unpaired) electrons. The van der Waals surface area contributed by atoms with E-state index in [4.69, 9.17) is 4.74 Å². The van der Waals surface area contributed by atoms with Gasteiger partial charge in [0.25, 0.3) is 0 Å². The zero-order valence-corrected chi connectivity index (χ0v) is 12.0. The Bertz CT molecular complexity index is 548. The van der Waals surface area contributed by atoms with Gasteiger partial charge in [-0.15, -0.1) is 0 Å². The number of ether oxygens (including phenoxy) is 1. The molecule has 19 heavy (non-hydrogen) atoms. The maximum Gasteiger partial charge on any atom is 0.144 e. The van der Waals surface area contributed by atoms with Crippen LogP contribution in [-0.4, -0.2) is 23.4 Å². The van der Waals surface area contributed by atoms with E-state index in [2.05, 4.69) is 31.2 Å². The molecule has 1 aromatic carbocycles. The van der Waals surface area contributed by atoms with Crippen LogP contribution in [0.4, 0.5) is 0 Å². The standard InChI is InChI=1S/C15H21N3O/c1-5-16-11(2)13-10-17-18(12(13)3)14-8-6-7-9-15(14)19-4/h6-11,16H,5H2,1-4H3. The quantitative estimate of drug-likeness (QED) is 0.897. The molecule has 1 unspecified atom stereocenters. The monoisotopic (exact) mass is 259 g/mol. The van der Waals surface area contributed by atoms with Crippen molar-refractivity contribution in [2.75, 3.05) is 13.7 Å². The molecule has 0 amide bonds. The second-order valence-electron chi connectivity index (χ2n) is 4.55. The number of nitrogens with zero attached hydrogens (tertiary/aromatic N) is 2. The zero-order valence-electron chi connectivity index (χ0n) is 12.0. The number of methoxy groups -OCH3 is 1. The normalized spacial score (nSPS) is 12.4. The van der Waals surface area contributed by atoms with E-state index in [1.807, 2.05) is 35.1 Å². The van der Waals surface area contributed by atoms with Crippen LogP contribution < -0.4 is 10.1 Å². The highest BCUT2D eigenvalue weighted by Crippen LogP contribution is 2.25. The summed E-state index contributed by atoms with van der Waals surface area (Å²) in [6.07, 6.45) is 1.93. The van der Waals surface area contributed by atoms with Gasteiger partial charge >= 0.3 is 0 Å². The Morgan fingerprint density at radius 2 is 2.11 bits per heavy atom. The van der Waals surface area contributed by atoms with E-state index in [1.165, 1.54) is 5.56 Å². The third kappa shape index (κ3) is 2.63. The summed E-state index contributed by atoms with van der Waals surface area (Å²) in [4.78, 5) is 0. The SMILES string of the molecule is CCNC(C)c1cnn(-c2ccccc2OC)c1C. The molecule has 0 fully saturated rings. The molecule has 2 rings (SSSR count). The van der Waals surface area contributed by atoms with Crippen molar-refractivity contribution in [2.45, 2.75) is 26.8 Å². The van der Waals surface area contributed by atoms with Crippen LogP contribution in [0.15, 0.2) is 30.5 Å². The van der Waals surface area contributed by atoms with Crippen molar-refractivity contribution in [1.29, 1.82) is 0 Å². The van der Waals surface area contributed by atoms with E-state index in [0.29, 0.717) is 6.04 Å². The lowest BCUT2D eigenvalue weighted by atomic mass is 10.1. The molecule has 0 aliphatic carbocycles. The molecule has 0 aliphatic rings. The van der Waals surface area contributed by atoms with Crippen LogP contribution in [0.5, 0.6) is 5.75 Å². The largest absolute Gasteiger partial charge is 0.494 e. The molecule has 0 aliphatic heterocycles. The predicted octanol–water partition coefficient (Wildman–Crippen LogP) is 2.86. The van der Waals surface area contributed by atoms with Crippen LogP contribution in [0, 0.1) is 6.92 Å². The van der Waals surface area contributed by atoms with Crippen molar-refractivity contribution in [2.24, 2.45) is 0 Å². The number of aromatic nitrogens is 2. The molecule has 1 aromatic heterocycles. The van der Waals surface area contributed by atoms with Gasteiger partial charge in [0, 0.05) is 17.3 Å². The van der Waals surface area contributed by atoms with Gasteiger partial charge in [-0.1, -0.05) is 19.1 Å². The second-order valence-corrected chi connectivity index (χ2v) is 4.55. The second kappa shape index (κ2) is 5.89. The molecule has 4 nitrogen and oxygen atoms in total. The van der Waals surface area contributed by atoms with Gasteiger partial charge in [-0.2, -0.15) is 5.10 Å². The Morgan fingerprint density at radius 1 is 1.37 bits per heavy atom. The van der Waals surface area contributed by atoms with E-state index < -0.39 is 0 Å². The first-order valence-corrected chi connectivity index (χ1v) is 6.60. The number of benzene rings is 1. The lowest BCUT2D eigenvalue weighted by molar-refractivity contribution is 0.411. The highest BCUT2D eigenvalue weighted by atomic mass is 16.5. The van der Waals surface area contributed by atoms with Crippen molar-refractivity contribution < 1.29 is 4.74 Å². The summed E-state index contributed by atoms with van der Waals surface area (Å²) < 4.78 is 7.33. The summed E-state index contributed by atoms with van der Waals surface area (Å²) >= 11 is 0. The van der Waals surface area contributed by atoms with Crippen LogP contribution in [-0.2, 0) is 0 Å². The fraction of sp³-hybridized carbons (Fsp3) is 0.400. The molecular weight excluding hydrogens is 238 g/mol. The van der Waals surface area contributed by atoms with E-state index in [1.54, 1.807) is 7.11 Å². The molecule has 4 heteroatoms. The number of rotatable bonds is 5. The fourth-order valence-corrected chi connectivity index (χ4v) is 2.31. The van der Waals surface area contributed by atoms with Gasteiger partial charge in [0.1, 0.15) is 11.4 Å². The predicted molar refractivity (Wildman–Crippen MR) is 76.9 cm³/mol. The van der Waals surface area contributed by atoms with Gasteiger partial charge in [-0.3, -0.25) is 0 Å². The van der Waals surface area contributed by atoms with Gasteiger partial charge in [-0.25, -0.2) is 4.68 Å². The Morgan fingerprint density at radius 3 is 2.79 bits per heavy atom. The van der Waals surface area contributed by atoms with Gasteiger partial charge < -0.3 is 10.1 Å². The maximum atomic E-state index is 5.40. The summed E-state index contributed by atoms with van der Waals surface area (Å²) in [6.45, 7) is 7.29. The van der Waals surface area contributed by atoms with Gasteiger partial charge in [0.2, 0.25) is 0 Å². The minimum Gasteiger partial charge on any atom is -0.494 e. The summed E-state index contributed by atoms with van der Waals surface area (Å²) in [5, 5.41) is 7.91. The number of hydrogen-bond donors (Lipinski definition) is 1. The maximum absolute atomic E-state index is 5.40. The van der Waals surface area contributed by atoms with E-state index >= 15 is 0 Å². The third-order valence-corrected chi connectivity index (χ3v) is 3.34. The zero-order chi connectivity index (χ0) is 13.8. The van der Waals surface area contributed by atoms with Crippen molar-refractivity contribution in [3.05, 3.63) is 41.7 Å². The minimum atomic E-state index is 0.299. The number of para-hydroxylation sites is 2. The van der Waals surface area contributed by atoms with E-state index in [9.17, 15) is 0 Å². The Hall–Kier alpha value is -1.81. The summed E-state index contributed by atoms with van der Waals surface area (Å²) in [5.41, 5.74) is 3.32. The Balaban J connectivity index is 2.41. The molecule has 102 valence electrons. The van der Waals surface area contributed by atoms with Crippen LogP contribution in [0.3, 0.4) is 0 Å². The molecule has 2 aromatic rings. The van der Waals surface area contributed by atoms with Gasteiger partial charge in [0.15, 0.2) is 0 Å². The van der Waals surface area contributed by atoms with E-state index in [0.717, 1.165) is 23.7 Å². The summed E-state index contributed by atoms with van der Waals surface area (Å²) in [7, 11) is 1.68. The van der Waals surface area contributed by atoms with Crippen molar-refractivity contribution in [1.82, 2.24) is 15.1 Å². The molecule has 0 spiro atoms. The van der Waals surface area contributed by atoms with Crippen LogP contribution >= 0.6 is 0 Å². The molecular formula is C15H21N3O. The lowest BCUT2D eigenvalue weighted by Crippen LogP contribution is -2.18. The highest BCUT2D eigenvalue weighted by molar-refractivity contribution is 5.47. The summed E-state index contributed by atoms with van der Waals surface area (Å²) in [6, 6.07) is 8.22. The van der Waals surface area contributed by atoms with Gasteiger partial charge in [0.05, 0.1) is 13.3 Å². The lowest BCUT2D eigenvalue weighted by Gasteiger charge is -2.13. The Kier molecular flexibility index (Phi) is 4.22. The smallest absolute Gasteiger partial charge is 0.144 e. The third-order valence-electron chi connectivity index (χ3n) is 3.34. The Labute approximate surface area is 114 Å². The first-order chi connectivity index (χ1) is 9.19. The molecule has 1 atom stereocenters. The fourth-order valence-electron chi connectivity index (χ4n) is 2.31. The first-order valence-electron chi connectivity index (χ1n) is 6.60. The van der Waals surface area contributed by atoms with Crippen LogP contribution in [0.25, 0.3) is 5.69 Å². The number of hydrogen-bond acceptors (Lipinski definition) is 3. The number of nitrogens with one attached hydrogen (secondary N) is 1. The molecule has 1 N–H and O–H groups in total. The minimum absolute atomic E-state index is 0.299. The summed E-state index contributed by atoms with van der Waals surface area (Å²) in [5.74, 6) is 0.830. The van der Waals surface area contributed by atoms with Crippen LogP contribution in [0.1, 0.15) is 31.1 Å². The van der Waals surface area contributed by atoms with Crippen LogP contribution in [0.2, 0.25) is 0 Å². The molecule has 1 heterocycles. The average molecular weight is 259 g/mol.